The molecule has 1 aromatic heterocycles. The minimum atomic E-state index is -0.551. The monoisotopic (exact) mass is 336 g/mol. The second-order valence-electron chi connectivity index (χ2n) is 5.61. The Hall–Kier alpha value is -1.92. The fraction of sp³-hybridized carbons (Fsp3) is 0.438. The molecule has 23 heavy (non-hydrogen) atoms. The Morgan fingerprint density at radius 2 is 2.00 bits per heavy atom. The normalized spacial score (nSPS) is 15.0. The van der Waals surface area contributed by atoms with Crippen molar-refractivity contribution in [1.82, 2.24) is 15.5 Å². The van der Waals surface area contributed by atoms with Crippen molar-refractivity contribution in [3.8, 4) is 11.5 Å². The van der Waals surface area contributed by atoms with Gasteiger partial charge in [0, 0.05) is 10.6 Å². The predicted octanol–water partition coefficient (Wildman–Crippen LogP) is 2.94. The molecule has 124 valence electrons. The second kappa shape index (κ2) is 7.57. The number of halogens is 1. The van der Waals surface area contributed by atoms with E-state index < -0.39 is 6.04 Å². The number of nitrogens with two attached hydrogens (primary N) is 1. The number of nitrogens with one attached hydrogen (secondary N) is 1. The molecule has 3 N–H and O–H groups in total. The first-order valence-electron chi connectivity index (χ1n) is 7.57. The minimum absolute atomic E-state index is 0.108. The summed E-state index contributed by atoms with van der Waals surface area (Å²) in [6.45, 7) is 5.73. The third kappa shape index (κ3) is 4.30. The number of carbonyl (C=O) groups excluding carboxylic acids is 1. The molecule has 3 atom stereocenters. The quantitative estimate of drug-likeness (QED) is 0.845. The van der Waals surface area contributed by atoms with Crippen LogP contribution in [0.3, 0.4) is 0 Å². The minimum Gasteiger partial charge on any atom is -0.345 e. The number of hydrogen-bond acceptors (Lipinski definition) is 5. The topological polar surface area (TPSA) is 94.0 Å². The lowest BCUT2D eigenvalue weighted by Crippen LogP contribution is -2.45. The number of amides is 1. The highest BCUT2D eigenvalue weighted by Gasteiger charge is 2.23. The van der Waals surface area contributed by atoms with E-state index in [0.717, 1.165) is 12.0 Å². The van der Waals surface area contributed by atoms with Crippen LogP contribution >= 0.6 is 11.6 Å². The van der Waals surface area contributed by atoms with E-state index >= 15 is 0 Å². The van der Waals surface area contributed by atoms with E-state index in [4.69, 9.17) is 21.9 Å². The van der Waals surface area contributed by atoms with Gasteiger partial charge in [0.05, 0.1) is 12.1 Å². The molecular weight excluding hydrogens is 316 g/mol. The smallest absolute Gasteiger partial charge is 0.257 e. The van der Waals surface area contributed by atoms with Crippen LogP contribution in [0.15, 0.2) is 28.8 Å². The van der Waals surface area contributed by atoms with Gasteiger partial charge in [0.25, 0.3) is 5.89 Å². The number of benzene rings is 1. The predicted molar refractivity (Wildman–Crippen MR) is 88.7 cm³/mol. The van der Waals surface area contributed by atoms with E-state index in [1.165, 1.54) is 0 Å². The van der Waals surface area contributed by atoms with E-state index in [-0.39, 0.29) is 17.9 Å². The molecule has 0 aliphatic rings. The summed E-state index contributed by atoms with van der Waals surface area (Å²) in [5.74, 6) is 0.672. The lowest BCUT2D eigenvalue weighted by molar-refractivity contribution is -0.124. The zero-order valence-electron chi connectivity index (χ0n) is 13.4. The van der Waals surface area contributed by atoms with E-state index in [2.05, 4.69) is 15.5 Å². The van der Waals surface area contributed by atoms with Gasteiger partial charge in [-0.1, -0.05) is 37.0 Å². The van der Waals surface area contributed by atoms with Crippen LogP contribution < -0.4 is 11.1 Å². The summed E-state index contributed by atoms with van der Waals surface area (Å²) < 4.78 is 5.24. The molecule has 0 fully saturated rings. The van der Waals surface area contributed by atoms with Gasteiger partial charge in [0.15, 0.2) is 5.82 Å². The number of rotatable bonds is 6. The van der Waals surface area contributed by atoms with Crippen molar-refractivity contribution in [2.45, 2.75) is 39.3 Å². The Morgan fingerprint density at radius 3 is 2.61 bits per heavy atom. The number of hydrogen-bond donors (Lipinski definition) is 2. The maximum atomic E-state index is 12.1. The maximum Gasteiger partial charge on any atom is 0.257 e. The molecule has 0 bridgehead atoms. The highest BCUT2D eigenvalue weighted by atomic mass is 35.5. The van der Waals surface area contributed by atoms with Crippen molar-refractivity contribution in [3.05, 3.63) is 35.1 Å². The molecule has 0 aliphatic heterocycles. The van der Waals surface area contributed by atoms with E-state index in [0.29, 0.717) is 16.7 Å². The van der Waals surface area contributed by atoms with Gasteiger partial charge in [-0.3, -0.25) is 4.79 Å². The molecule has 1 amide bonds. The van der Waals surface area contributed by atoms with Gasteiger partial charge in [-0.05, 0) is 37.1 Å². The third-order valence-corrected chi connectivity index (χ3v) is 4.09. The van der Waals surface area contributed by atoms with Crippen LogP contribution in [0.4, 0.5) is 0 Å². The van der Waals surface area contributed by atoms with E-state index in [1.54, 1.807) is 31.2 Å². The molecule has 0 saturated carbocycles. The summed E-state index contributed by atoms with van der Waals surface area (Å²) in [7, 11) is 0. The Kier molecular flexibility index (Phi) is 5.74. The van der Waals surface area contributed by atoms with Gasteiger partial charge < -0.3 is 15.6 Å². The Bertz CT molecular complexity index is 656. The van der Waals surface area contributed by atoms with Crippen LogP contribution in [0.25, 0.3) is 11.5 Å². The van der Waals surface area contributed by atoms with Gasteiger partial charge in [0.2, 0.25) is 5.91 Å². The molecule has 0 spiro atoms. The van der Waals surface area contributed by atoms with E-state index in [9.17, 15) is 4.79 Å². The SMILES string of the molecule is CCC(C)C(N)C(=O)NC(C)c1noc(-c2ccc(Cl)cc2)n1. The molecule has 3 unspecified atom stereocenters. The van der Waals surface area contributed by atoms with Gasteiger partial charge >= 0.3 is 0 Å². The molecule has 1 heterocycles. The first kappa shape index (κ1) is 17.4. The fourth-order valence-corrected chi connectivity index (χ4v) is 2.13. The van der Waals surface area contributed by atoms with Crippen LogP contribution in [0.1, 0.15) is 39.1 Å². The number of carbonyl (C=O) groups is 1. The molecule has 2 rings (SSSR count). The molecule has 1 aromatic carbocycles. The summed E-state index contributed by atoms with van der Waals surface area (Å²) in [6, 6.07) is 6.14. The average molecular weight is 337 g/mol. The van der Waals surface area contributed by atoms with Crippen molar-refractivity contribution < 1.29 is 9.32 Å². The summed E-state index contributed by atoms with van der Waals surface area (Å²) in [6.07, 6.45) is 0.839. The maximum absolute atomic E-state index is 12.1. The van der Waals surface area contributed by atoms with Crippen molar-refractivity contribution in [1.29, 1.82) is 0 Å². The van der Waals surface area contributed by atoms with Crippen molar-refractivity contribution in [2.24, 2.45) is 11.7 Å². The van der Waals surface area contributed by atoms with Crippen LogP contribution in [-0.2, 0) is 4.79 Å². The molecule has 0 radical (unpaired) electrons. The second-order valence-corrected chi connectivity index (χ2v) is 6.04. The lowest BCUT2D eigenvalue weighted by atomic mass is 9.99. The highest BCUT2D eigenvalue weighted by molar-refractivity contribution is 6.30. The average Bonchev–Trinajstić information content (AvgIpc) is 3.04. The van der Waals surface area contributed by atoms with Crippen molar-refractivity contribution >= 4 is 17.5 Å². The first-order chi connectivity index (χ1) is 10.9. The standard InChI is InChI=1S/C16H21ClN4O2/c1-4-9(2)13(18)15(22)19-10(3)14-20-16(23-21-14)11-5-7-12(17)8-6-11/h5-10,13H,4,18H2,1-3H3,(H,19,22). The largest absolute Gasteiger partial charge is 0.345 e. The summed E-state index contributed by atoms with van der Waals surface area (Å²) >= 11 is 5.85. The van der Waals surface area contributed by atoms with Crippen LogP contribution in [0.2, 0.25) is 5.02 Å². The van der Waals surface area contributed by atoms with Crippen molar-refractivity contribution in [2.75, 3.05) is 0 Å². The van der Waals surface area contributed by atoms with Gasteiger partial charge in [-0.2, -0.15) is 4.98 Å². The molecule has 6 nitrogen and oxygen atoms in total. The van der Waals surface area contributed by atoms with Crippen LogP contribution in [0.5, 0.6) is 0 Å². The molecule has 2 aromatic rings. The van der Waals surface area contributed by atoms with Gasteiger partial charge in [-0.25, -0.2) is 0 Å². The summed E-state index contributed by atoms with van der Waals surface area (Å²) in [5, 5.41) is 7.37. The Balaban J connectivity index is 2.05. The molecule has 7 heteroatoms. The van der Waals surface area contributed by atoms with Crippen LogP contribution in [0, 0.1) is 5.92 Å². The summed E-state index contributed by atoms with van der Waals surface area (Å²) in [5.41, 5.74) is 6.69. The molecule has 0 saturated heterocycles. The van der Waals surface area contributed by atoms with Crippen LogP contribution in [-0.4, -0.2) is 22.1 Å². The highest BCUT2D eigenvalue weighted by Crippen LogP contribution is 2.21. The van der Waals surface area contributed by atoms with Gasteiger partial charge in [-0.15, -0.1) is 0 Å². The summed E-state index contributed by atoms with van der Waals surface area (Å²) in [4.78, 5) is 16.4. The zero-order chi connectivity index (χ0) is 17.0. The fourth-order valence-electron chi connectivity index (χ4n) is 2.01. The molecule has 0 aliphatic carbocycles. The Morgan fingerprint density at radius 1 is 1.35 bits per heavy atom. The van der Waals surface area contributed by atoms with Gasteiger partial charge in [0.1, 0.15) is 0 Å². The Labute approximate surface area is 140 Å². The number of nitrogens with zero attached hydrogens (tertiary/aromatic N) is 2. The molecular formula is C16H21ClN4O2. The van der Waals surface area contributed by atoms with Crippen molar-refractivity contribution in [3.63, 3.8) is 0 Å². The van der Waals surface area contributed by atoms with E-state index in [1.807, 2.05) is 13.8 Å². The third-order valence-electron chi connectivity index (χ3n) is 3.84. The number of aromatic nitrogens is 2. The zero-order valence-corrected chi connectivity index (χ0v) is 14.2. The first-order valence-corrected chi connectivity index (χ1v) is 7.95. The lowest BCUT2D eigenvalue weighted by Gasteiger charge is -2.19.